The van der Waals surface area contributed by atoms with Crippen molar-refractivity contribution in [1.29, 1.82) is 5.26 Å². The molecule has 2 aromatic carbocycles. The molecule has 0 aromatic heterocycles. The number of hydrogen-bond donors (Lipinski definition) is 1. The van der Waals surface area contributed by atoms with Crippen molar-refractivity contribution >= 4 is 5.97 Å². The van der Waals surface area contributed by atoms with E-state index in [1.54, 1.807) is 36.4 Å². The second-order valence-electron chi connectivity index (χ2n) is 3.82. The molecule has 0 saturated heterocycles. The molecule has 1 N–H and O–H groups in total. The molecule has 0 fully saturated rings. The Morgan fingerprint density at radius 2 is 1.26 bits per heavy atom. The first kappa shape index (κ1) is 12.4. The molecule has 3 heteroatoms. The van der Waals surface area contributed by atoms with Crippen molar-refractivity contribution in [2.75, 3.05) is 0 Å². The third-order valence-electron chi connectivity index (χ3n) is 2.50. The molecule has 0 radical (unpaired) electrons. The molecule has 3 nitrogen and oxygen atoms in total. The molecule has 0 saturated carbocycles. The molecule has 0 aliphatic heterocycles. The average molecular weight is 247 g/mol. The predicted octanol–water partition coefficient (Wildman–Crippen LogP) is 2.66. The molecule has 0 heterocycles. The van der Waals surface area contributed by atoms with E-state index in [2.05, 4.69) is 11.8 Å². The van der Waals surface area contributed by atoms with Gasteiger partial charge in [-0.2, -0.15) is 5.26 Å². The number of benzene rings is 2. The van der Waals surface area contributed by atoms with Gasteiger partial charge in [0.2, 0.25) is 0 Å². The Morgan fingerprint density at radius 3 is 1.68 bits per heavy atom. The molecule has 2 aromatic rings. The third-order valence-corrected chi connectivity index (χ3v) is 2.50. The van der Waals surface area contributed by atoms with Crippen LogP contribution in [0.5, 0.6) is 0 Å². The monoisotopic (exact) mass is 247 g/mol. The van der Waals surface area contributed by atoms with Crippen LogP contribution in [0.4, 0.5) is 0 Å². The molecule has 19 heavy (non-hydrogen) atoms. The zero-order valence-corrected chi connectivity index (χ0v) is 9.92. The summed E-state index contributed by atoms with van der Waals surface area (Å²) in [5.74, 6) is 4.94. The lowest BCUT2D eigenvalue weighted by Gasteiger charge is -1.94. The normalized spacial score (nSPS) is 9.00. The summed E-state index contributed by atoms with van der Waals surface area (Å²) >= 11 is 0. The van der Waals surface area contributed by atoms with E-state index in [0.29, 0.717) is 5.56 Å². The fraction of sp³-hybridized carbons (Fsp3) is 0. The molecule has 0 aliphatic rings. The summed E-state index contributed by atoms with van der Waals surface area (Å²) in [5, 5.41) is 17.4. The summed E-state index contributed by atoms with van der Waals surface area (Å²) in [4.78, 5) is 10.7. The zero-order chi connectivity index (χ0) is 13.7. The van der Waals surface area contributed by atoms with E-state index in [1.807, 2.05) is 6.07 Å². The predicted molar refractivity (Wildman–Crippen MR) is 70.5 cm³/mol. The fourth-order valence-corrected chi connectivity index (χ4v) is 1.47. The van der Waals surface area contributed by atoms with Crippen molar-refractivity contribution in [1.82, 2.24) is 0 Å². The van der Waals surface area contributed by atoms with E-state index >= 15 is 0 Å². The van der Waals surface area contributed by atoms with E-state index in [-0.39, 0.29) is 5.56 Å². The third kappa shape index (κ3) is 3.21. The van der Waals surface area contributed by atoms with E-state index in [9.17, 15) is 4.79 Å². The fourth-order valence-electron chi connectivity index (χ4n) is 1.47. The van der Waals surface area contributed by atoms with Crippen LogP contribution in [0.2, 0.25) is 0 Å². The van der Waals surface area contributed by atoms with Crippen molar-refractivity contribution in [2.45, 2.75) is 0 Å². The lowest BCUT2D eigenvalue weighted by atomic mass is 10.1. The number of carboxylic acid groups (broad SMARTS) is 1. The molecular weight excluding hydrogens is 238 g/mol. The summed E-state index contributed by atoms with van der Waals surface area (Å²) in [7, 11) is 0. The van der Waals surface area contributed by atoms with Crippen LogP contribution in [0.15, 0.2) is 48.5 Å². The maximum Gasteiger partial charge on any atom is 0.335 e. The summed E-state index contributed by atoms with van der Waals surface area (Å²) in [5.41, 5.74) is 2.39. The largest absolute Gasteiger partial charge is 0.478 e. The number of aromatic carboxylic acids is 1. The molecule has 0 aliphatic carbocycles. The lowest BCUT2D eigenvalue weighted by Crippen LogP contribution is -1.94. The van der Waals surface area contributed by atoms with Gasteiger partial charge in [0.05, 0.1) is 17.2 Å². The van der Waals surface area contributed by atoms with E-state index < -0.39 is 5.97 Å². The van der Waals surface area contributed by atoms with Gasteiger partial charge >= 0.3 is 5.97 Å². The minimum Gasteiger partial charge on any atom is -0.478 e. The highest BCUT2D eigenvalue weighted by Gasteiger charge is 1.99. The van der Waals surface area contributed by atoms with Gasteiger partial charge in [0, 0.05) is 11.1 Å². The van der Waals surface area contributed by atoms with Gasteiger partial charge < -0.3 is 5.11 Å². The lowest BCUT2D eigenvalue weighted by molar-refractivity contribution is 0.0697. The summed E-state index contributed by atoms with van der Waals surface area (Å²) < 4.78 is 0. The second kappa shape index (κ2) is 5.53. The van der Waals surface area contributed by atoms with Crippen LogP contribution in [0, 0.1) is 23.2 Å². The summed E-state index contributed by atoms with van der Waals surface area (Å²) in [6.45, 7) is 0. The van der Waals surface area contributed by atoms with Gasteiger partial charge in [-0.25, -0.2) is 4.79 Å². The molecule has 0 atom stereocenters. The number of rotatable bonds is 1. The Hall–Kier alpha value is -3.04. The topological polar surface area (TPSA) is 61.1 Å². The highest BCUT2D eigenvalue weighted by atomic mass is 16.4. The number of nitrogens with zero attached hydrogens (tertiary/aromatic N) is 1. The summed E-state index contributed by atoms with van der Waals surface area (Å²) in [6.07, 6.45) is 0. The number of carbonyl (C=O) groups is 1. The highest BCUT2D eigenvalue weighted by Crippen LogP contribution is 2.05. The molecular formula is C16H9NO2. The minimum absolute atomic E-state index is 0.240. The Balaban J connectivity index is 2.19. The van der Waals surface area contributed by atoms with Crippen molar-refractivity contribution in [3.63, 3.8) is 0 Å². The number of carboxylic acids is 1. The Morgan fingerprint density at radius 1 is 0.842 bits per heavy atom. The van der Waals surface area contributed by atoms with Crippen LogP contribution in [0.1, 0.15) is 27.0 Å². The Labute approximate surface area is 110 Å². The van der Waals surface area contributed by atoms with Crippen LogP contribution in [-0.2, 0) is 0 Å². The molecule has 0 unspecified atom stereocenters. The Bertz CT molecular complexity index is 696. The van der Waals surface area contributed by atoms with Crippen LogP contribution in [-0.4, -0.2) is 11.1 Å². The first-order chi connectivity index (χ1) is 9.19. The smallest absolute Gasteiger partial charge is 0.335 e. The van der Waals surface area contributed by atoms with Crippen molar-refractivity contribution < 1.29 is 9.90 Å². The van der Waals surface area contributed by atoms with Crippen LogP contribution >= 0.6 is 0 Å². The average Bonchev–Trinajstić information content (AvgIpc) is 2.46. The van der Waals surface area contributed by atoms with Crippen LogP contribution in [0.25, 0.3) is 0 Å². The van der Waals surface area contributed by atoms with Crippen LogP contribution in [0.3, 0.4) is 0 Å². The van der Waals surface area contributed by atoms with Gasteiger partial charge in [0.25, 0.3) is 0 Å². The second-order valence-corrected chi connectivity index (χ2v) is 3.82. The van der Waals surface area contributed by atoms with Gasteiger partial charge in [-0.15, -0.1) is 0 Å². The SMILES string of the molecule is N#Cc1ccc(C#Cc2ccc(C(=O)O)cc2)cc1. The maximum absolute atomic E-state index is 10.7. The van der Waals surface area contributed by atoms with E-state index in [4.69, 9.17) is 10.4 Å². The van der Waals surface area contributed by atoms with Crippen molar-refractivity contribution in [3.05, 3.63) is 70.8 Å². The molecule has 0 bridgehead atoms. The first-order valence-corrected chi connectivity index (χ1v) is 5.54. The quantitative estimate of drug-likeness (QED) is 0.788. The van der Waals surface area contributed by atoms with Crippen molar-refractivity contribution in [3.8, 4) is 17.9 Å². The van der Waals surface area contributed by atoms with Gasteiger partial charge in [0.15, 0.2) is 0 Å². The standard InChI is InChI=1S/C16H9NO2/c17-11-14-5-3-12(4-6-14)1-2-13-7-9-15(10-8-13)16(18)19/h3-10H,(H,18,19). The molecule has 90 valence electrons. The van der Waals surface area contributed by atoms with Gasteiger partial charge in [-0.3, -0.25) is 0 Å². The molecule has 0 amide bonds. The number of nitriles is 1. The molecule has 2 rings (SSSR count). The molecule has 0 spiro atoms. The highest BCUT2D eigenvalue weighted by molar-refractivity contribution is 5.87. The van der Waals surface area contributed by atoms with E-state index in [0.717, 1.165) is 11.1 Å². The minimum atomic E-state index is -0.952. The first-order valence-electron chi connectivity index (χ1n) is 5.54. The van der Waals surface area contributed by atoms with Crippen molar-refractivity contribution in [2.24, 2.45) is 0 Å². The number of hydrogen-bond acceptors (Lipinski definition) is 2. The zero-order valence-electron chi connectivity index (χ0n) is 9.92. The van der Waals surface area contributed by atoms with Gasteiger partial charge in [0.1, 0.15) is 0 Å². The Kier molecular flexibility index (Phi) is 3.61. The van der Waals surface area contributed by atoms with Gasteiger partial charge in [-0.1, -0.05) is 11.8 Å². The maximum atomic E-state index is 10.7. The van der Waals surface area contributed by atoms with Crippen LogP contribution < -0.4 is 0 Å². The van der Waals surface area contributed by atoms with E-state index in [1.165, 1.54) is 12.1 Å². The summed E-state index contributed by atoms with van der Waals surface area (Å²) in [6, 6.07) is 15.4. The van der Waals surface area contributed by atoms with Gasteiger partial charge in [-0.05, 0) is 48.5 Å².